The Morgan fingerprint density at radius 1 is 1.19 bits per heavy atom. The lowest BCUT2D eigenvalue weighted by atomic mass is 9.83. The quantitative estimate of drug-likeness (QED) is 0.251. The lowest BCUT2D eigenvalue weighted by Gasteiger charge is -2.32. The predicted molar refractivity (Wildman–Crippen MR) is 135 cm³/mol. The summed E-state index contributed by atoms with van der Waals surface area (Å²) in [5.41, 5.74) is 1.34. The fraction of sp³-hybridized carbons (Fsp3) is 0.560. The third-order valence-corrected chi connectivity index (χ3v) is 5.73. The Kier molecular flexibility index (Phi) is 10.4. The van der Waals surface area contributed by atoms with Crippen molar-refractivity contribution in [1.29, 1.82) is 0 Å². The van der Waals surface area contributed by atoms with Gasteiger partial charge in [0.1, 0.15) is 24.0 Å². The Morgan fingerprint density at radius 2 is 1.86 bits per heavy atom. The van der Waals surface area contributed by atoms with Gasteiger partial charge in [0.25, 0.3) is 11.8 Å². The molecule has 2 rings (SSSR count). The highest BCUT2D eigenvalue weighted by Gasteiger charge is 2.36. The second-order valence-electron chi connectivity index (χ2n) is 9.66. The van der Waals surface area contributed by atoms with E-state index < -0.39 is 48.2 Å². The maximum Gasteiger partial charge on any atom is 0.268 e. The summed E-state index contributed by atoms with van der Waals surface area (Å²) in [6.45, 7) is 6.53. The van der Waals surface area contributed by atoms with E-state index in [0.29, 0.717) is 0 Å². The van der Waals surface area contributed by atoms with Crippen LogP contribution in [0.5, 0.6) is 0 Å². The summed E-state index contributed by atoms with van der Waals surface area (Å²) >= 11 is 0. The average Bonchev–Trinajstić information content (AvgIpc) is 3.23. The van der Waals surface area contributed by atoms with Crippen LogP contribution in [0.4, 0.5) is 0 Å². The summed E-state index contributed by atoms with van der Waals surface area (Å²) in [6, 6.07) is 6.72. The first-order valence-corrected chi connectivity index (χ1v) is 11.6. The zero-order valence-electron chi connectivity index (χ0n) is 21.9. The molecule has 1 heterocycles. The van der Waals surface area contributed by atoms with Crippen LogP contribution in [0.1, 0.15) is 33.3 Å². The highest BCUT2D eigenvalue weighted by atomic mass is 16.7. The number of benzene rings is 1. The molecule has 2 aromatic rings. The van der Waals surface area contributed by atoms with Crippen molar-refractivity contribution < 1.29 is 34.2 Å². The highest BCUT2D eigenvalue weighted by molar-refractivity contribution is 5.93. The third-order valence-electron chi connectivity index (χ3n) is 5.73. The summed E-state index contributed by atoms with van der Waals surface area (Å²) in [7, 11) is 4.27. The summed E-state index contributed by atoms with van der Waals surface area (Å²) in [5.74, 6) is -1.05. The lowest BCUT2D eigenvalue weighted by molar-refractivity contribution is -0.171. The number of carbonyl (C=O) groups excluding carboxylic acids is 2. The molecule has 0 saturated carbocycles. The number of oxime groups is 1. The molecule has 200 valence electrons. The number of aromatic amines is 1. The van der Waals surface area contributed by atoms with Gasteiger partial charge in [0.05, 0.1) is 13.2 Å². The number of nitrogens with one attached hydrogen (secondary N) is 2. The molecule has 0 bridgehead atoms. The number of likely N-dealkylation sites (N-methyl/N-ethyl adjacent to an activating group) is 1. The summed E-state index contributed by atoms with van der Waals surface area (Å²) in [4.78, 5) is 39.0. The Bertz CT molecular complexity index is 1040. The first kappa shape index (κ1) is 29.2. The van der Waals surface area contributed by atoms with Crippen LogP contribution in [-0.2, 0) is 30.4 Å². The van der Waals surface area contributed by atoms with Crippen LogP contribution in [0, 0.1) is 5.41 Å². The number of ether oxygens (including phenoxy) is 1. The fourth-order valence-corrected chi connectivity index (χ4v) is 3.85. The number of amides is 2. The molecule has 36 heavy (non-hydrogen) atoms. The van der Waals surface area contributed by atoms with Gasteiger partial charge in [-0.05, 0) is 24.0 Å². The standard InChI is InChI=1S/C25H38N4O7/c1-15(30)22(32)21(23(34-6)25(2,3)4)28-36-14-20(31)27-19(24(33)29(5)35-7)12-16-13-26-18-11-9-8-10-17(16)18/h8-11,13,15,19,22-23,26,30,32H,12,14H2,1-7H3,(H,27,31)/b28-21+/t15-,19+,22?,23-/m1/s1. The zero-order chi connectivity index (χ0) is 27.0. The molecule has 0 aliphatic carbocycles. The number of hydroxylamine groups is 2. The van der Waals surface area contributed by atoms with Gasteiger partial charge in [0.2, 0.25) is 0 Å². The first-order chi connectivity index (χ1) is 16.9. The SMILES string of the molecule is CO[C@H](/C(=N/OCC(=O)N[C@@H](Cc1c[nH]c2ccccc12)C(=O)N(C)OC)C(O)[C@@H](C)O)C(C)(C)C. The molecule has 0 fully saturated rings. The molecular formula is C25H38N4O7. The van der Waals surface area contributed by atoms with Crippen LogP contribution in [-0.4, -0.2) is 90.0 Å². The largest absolute Gasteiger partial charge is 0.390 e. The lowest BCUT2D eigenvalue weighted by Crippen LogP contribution is -2.49. The smallest absolute Gasteiger partial charge is 0.268 e. The van der Waals surface area contributed by atoms with E-state index in [0.717, 1.165) is 21.5 Å². The maximum atomic E-state index is 12.9. The van der Waals surface area contributed by atoms with Crippen LogP contribution in [0.25, 0.3) is 10.9 Å². The number of carbonyl (C=O) groups is 2. The number of hydrogen-bond donors (Lipinski definition) is 4. The van der Waals surface area contributed by atoms with Crippen molar-refractivity contribution in [1.82, 2.24) is 15.4 Å². The number of H-pyrrole nitrogens is 1. The van der Waals surface area contributed by atoms with Crippen LogP contribution >= 0.6 is 0 Å². The van der Waals surface area contributed by atoms with Crippen molar-refractivity contribution >= 4 is 28.4 Å². The predicted octanol–water partition coefficient (Wildman–Crippen LogP) is 1.39. The van der Waals surface area contributed by atoms with Gasteiger partial charge in [-0.3, -0.25) is 14.4 Å². The van der Waals surface area contributed by atoms with E-state index in [1.807, 2.05) is 45.0 Å². The topological polar surface area (TPSA) is 146 Å². The number of rotatable bonds is 12. The number of methoxy groups -OCH3 is 1. The van der Waals surface area contributed by atoms with Crippen LogP contribution in [0.15, 0.2) is 35.6 Å². The van der Waals surface area contributed by atoms with Gasteiger partial charge < -0.3 is 30.1 Å². The van der Waals surface area contributed by atoms with Crippen molar-refractivity contribution in [3.8, 4) is 0 Å². The van der Waals surface area contributed by atoms with E-state index in [1.54, 1.807) is 6.20 Å². The van der Waals surface area contributed by atoms with Crippen molar-refractivity contribution in [3.63, 3.8) is 0 Å². The second-order valence-corrected chi connectivity index (χ2v) is 9.66. The van der Waals surface area contributed by atoms with Gasteiger partial charge in [-0.1, -0.05) is 44.1 Å². The van der Waals surface area contributed by atoms with E-state index in [4.69, 9.17) is 14.4 Å². The second kappa shape index (κ2) is 12.8. The molecular weight excluding hydrogens is 468 g/mol. The monoisotopic (exact) mass is 506 g/mol. The fourth-order valence-electron chi connectivity index (χ4n) is 3.85. The minimum absolute atomic E-state index is 0.0540. The van der Waals surface area contributed by atoms with E-state index in [2.05, 4.69) is 15.5 Å². The molecule has 4 atom stereocenters. The summed E-state index contributed by atoms with van der Waals surface area (Å²) in [6.07, 6.45) is -1.16. The van der Waals surface area contributed by atoms with Crippen LogP contribution in [0.3, 0.4) is 0 Å². The number of aliphatic hydroxyl groups excluding tert-OH is 2. The minimum Gasteiger partial charge on any atom is -0.390 e. The average molecular weight is 507 g/mol. The third kappa shape index (κ3) is 7.50. The minimum atomic E-state index is -1.36. The molecule has 1 aromatic heterocycles. The number of hydrogen-bond acceptors (Lipinski definition) is 8. The maximum absolute atomic E-state index is 12.9. The Morgan fingerprint density at radius 3 is 2.44 bits per heavy atom. The molecule has 0 radical (unpaired) electrons. The Hall–Kier alpha value is -2.99. The zero-order valence-corrected chi connectivity index (χ0v) is 21.9. The van der Waals surface area contributed by atoms with Crippen molar-refractivity contribution in [2.75, 3.05) is 27.9 Å². The number of nitrogens with zero attached hydrogens (tertiary/aromatic N) is 2. The van der Waals surface area contributed by atoms with Crippen LogP contribution < -0.4 is 5.32 Å². The van der Waals surface area contributed by atoms with Gasteiger partial charge in [-0.25, -0.2) is 5.06 Å². The van der Waals surface area contributed by atoms with Gasteiger partial charge >= 0.3 is 0 Å². The van der Waals surface area contributed by atoms with Crippen molar-refractivity contribution in [2.45, 2.75) is 58.5 Å². The van der Waals surface area contributed by atoms with Crippen molar-refractivity contribution in [3.05, 3.63) is 36.0 Å². The molecule has 0 aliphatic heterocycles. The number of para-hydroxylation sites is 1. The van der Waals surface area contributed by atoms with E-state index in [9.17, 15) is 19.8 Å². The molecule has 0 saturated heterocycles. The molecule has 0 aliphatic rings. The molecule has 11 heteroatoms. The highest BCUT2D eigenvalue weighted by Crippen LogP contribution is 2.25. The van der Waals surface area contributed by atoms with E-state index in [-0.39, 0.29) is 12.1 Å². The van der Waals surface area contributed by atoms with Gasteiger partial charge in [-0.15, -0.1) is 0 Å². The molecule has 11 nitrogen and oxygen atoms in total. The molecule has 4 N–H and O–H groups in total. The normalized spacial score (nSPS) is 15.8. The number of aliphatic hydroxyl groups is 2. The van der Waals surface area contributed by atoms with Crippen LogP contribution in [0.2, 0.25) is 0 Å². The van der Waals surface area contributed by atoms with E-state index in [1.165, 1.54) is 28.2 Å². The Labute approximate surface area is 211 Å². The molecule has 0 spiro atoms. The molecule has 1 unspecified atom stereocenters. The summed E-state index contributed by atoms with van der Waals surface area (Å²) in [5, 5.41) is 28.9. The van der Waals surface area contributed by atoms with E-state index >= 15 is 0 Å². The molecule has 2 amide bonds. The molecule has 1 aromatic carbocycles. The Balaban J connectivity index is 2.18. The summed E-state index contributed by atoms with van der Waals surface area (Å²) < 4.78 is 5.48. The van der Waals surface area contributed by atoms with Gasteiger partial charge in [-0.2, -0.15) is 0 Å². The van der Waals surface area contributed by atoms with Crippen molar-refractivity contribution in [2.24, 2.45) is 10.6 Å². The number of fused-ring (bicyclic) bond motifs is 1. The van der Waals surface area contributed by atoms with Gasteiger partial charge in [0, 0.05) is 37.7 Å². The first-order valence-electron chi connectivity index (χ1n) is 11.6. The number of aromatic nitrogens is 1. The van der Waals surface area contributed by atoms with Gasteiger partial charge in [0.15, 0.2) is 6.61 Å².